The Labute approximate surface area is 63.5 Å². The molecule has 0 amide bonds. The Morgan fingerprint density at radius 2 is 2.09 bits per heavy atom. The molecule has 0 bridgehead atoms. The van der Waals surface area contributed by atoms with E-state index in [2.05, 4.69) is 4.74 Å². The Balaban J connectivity index is 2.53. The number of hydrogen-bond donors (Lipinski definition) is 2. The van der Waals surface area contributed by atoms with Crippen molar-refractivity contribution in [3.05, 3.63) is 0 Å². The second-order valence-electron chi connectivity index (χ2n) is 2.41. The summed E-state index contributed by atoms with van der Waals surface area (Å²) in [6, 6.07) is 0. The number of aliphatic hydroxyl groups excluding tert-OH is 2. The van der Waals surface area contributed by atoms with E-state index in [1.54, 1.807) is 0 Å². The van der Waals surface area contributed by atoms with Crippen LogP contribution in [0.4, 0.5) is 4.39 Å². The summed E-state index contributed by atoms with van der Waals surface area (Å²) in [4.78, 5) is 0. The average Bonchev–Trinajstić information content (AvgIpc) is 2.30. The van der Waals surface area contributed by atoms with Crippen molar-refractivity contribution in [3.8, 4) is 0 Å². The van der Waals surface area contributed by atoms with Gasteiger partial charge in [0.25, 0.3) is 0 Å². The molecular weight excluding hydrogens is 155 g/mol. The van der Waals surface area contributed by atoms with Gasteiger partial charge in [-0.25, -0.2) is 4.39 Å². The van der Waals surface area contributed by atoms with Crippen LogP contribution in [0.1, 0.15) is 0 Å². The molecule has 5 heteroatoms. The van der Waals surface area contributed by atoms with Gasteiger partial charge < -0.3 is 19.7 Å². The lowest BCUT2D eigenvalue weighted by Crippen LogP contribution is -2.33. The molecule has 1 rings (SSSR count). The monoisotopic (exact) mass is 166 g/mol. The molecule has 0 aromatic heterocycles. The summed E-state index contributed by atoms with van der Waals surface area (Å²) in [5.74, 6) is 0. The van der Waals surface area contributed by atoms with Crippen LogP contribution in [0.2, 0.25) is 0 Å². The maximum Gasteiger partial charge on any atom is 0.186 e. The normalized spacial score (nSPS) is 44.7. The van der Waals surface area contributed by atoms with Gasteiger partial charge in [0.05, 0.1) is 0 Å². The van der Waals surface area contributed by atoms with E-state index < -0.39 is 31.3 Å². The van der Waals surface area contributed by atoms with E-state index in [-0.39, 0.29) is 0 Å². The fourth-order valence-electron chi connectivity index (χ4n) is 1.04. The fourth-order valence-corrected chi connectivity index (χ4v) is 1.04. The highest BCUT2D eigenvalue weighted by atomic mass is 19.1. The number of halogens is 1. The third-order valence-electron chi connectivity index (χ3n) is 1.70. The molecule has 1 aliphatic rings. The summed E-state index contributed by atoms with van der Waals surface area (Å²) in [6.45, 7) is -0.821. The summed E-state index contributed by atoms with van der Waals surface area (Å²) < 4.78 is 21.4. The molecule has 66 valence electrons. The Morgan fingerprint density at radius 1 is 1.45 bits per heavy atom. The van der Waals surface area contributed by atoms with E-state index >= 15 is 0 Å². The molecule has 4 unspecified atom stereocenters. The molecule has 1 saturated heterocycles. The molecule has 0 aromatic carbocycles. The largest absolute Gasteiger partial charge is 0.387 e. The van der Waals surface area contributed by atoms with Crippen molar-refractivity contribution < 1.29 is 24.1 Å². The van der Waals surface area contributed by atoms with Crippen molar-refractivity contribution in [2.75, 3.05) is 13.8 Å². The van der Waals surface area contributed by atoms with E-state index in [0.29, 0.717) is 0 Å². The minimum Gasteiger partial charge on any atom is -0.387 e. The molecule has 1 fully saturated rings. The third-order valence-corrected chi connectivity index (χ3v) is 1.70. The van der Waals surface area contributed by atoms with E-state index in [4.69, 9.17) is 14.9 Å². The van der Waals surface area contributed by atoms with Crippen LogP contribution >= 0.6 is 0 Å². The van der Waals surface area contributed by atoms with Gasteiger partial charge >= 0.3 is 0 Å². The van der Waals surface area contributed by atoms with Crippen molar-refractivity contribution in [2.24, 2.45) is 0 Å². The minimum absolute atomic E-state index is 0.821. The Bertz CT molecular complexity index is 114. The van der Waals surface area contributed by atoms with Gasteiger partial charge in [-0.05, 0) is 0 Å². The van der Waals surface area contributed by atoms with Crippen LogP contribution in [-0.4, -0.2) is 48.6 Å². The molecule has 11 heavy (non-hydrogen) atoms. The molecule has 0 aromatic rings. The lowest BCUT2D eigenvalue weighted by atomic mass is 10.1. The van der Waals surface area contributed by atoms with Crippen molar-refractivity contribution >= 4 is 0 Å². The van der Waals surface area contributed by atoms with Crippen molar-refractivity contribution in [1.29, 1.82) is 0 Å². The fraction of sp³-hybridized carbons (Fsp3) is 1.00. The molecule has 0 saturated carbocycles. The van der Waals surface area contributed by atoms with E-state index in [1.165, 1.54) is 7.11 Å². The molecule has 0 aliphatic carbocycles. The molecule has 4 atom stereocenters. The summed E-state index contributed by atoms with van der Waals surface area (Å²) in [7, 11) is 1.32. The number of alkyl halides is 1. The molecule has 1 heterocycles. The third kappa shape index (κ3) is 1.51. The molecule has 1 aliphatic heterocycles. The first-order valence-electron chi connectivity index (χ1n) is 3.31. The molecule has 0 spiro atoms. The molecule has 0 radical (unpaired) electrons. The van der Waals surface area contributed by atoms with Crippen LogP contribution in [0.15, 0.2) is 0 Å². The van der Waals surface area contributed by atoms with Crippen LogP contribution in [0, 0.1) is 0 Å². The maximum absolute atomic E-state index is 12.0. The molecule has 2 N–H and O–H groups in total. The van der Waals surface area contributed by atoms with Gasteiger partial charge in [0.15, 0.2) is 6.29 Å². The summed E-state index contributed by atoms with van der Waals surface area (Å²) in [5.41, 5.74) is 0. The Morgan fingerprint density at radius 3 is 2.36 bits per heavy atom. The second-order valence-corrected chi connectivity index (χ2v) is 2.41. The number of ether oxygens (including phenoxy) is 2. The van der Waals surface area contributed by atoms with Crippen molar-refractivity contribution in [3.63, 3.8) is 0 Å². The predicted molar refractivity (Wildman–Crippen MR) is 33.7 cm³/mol. The Hall–Kier alpha value is -0.230. The topological polar surface area (TPSA) is 58.9 Å². The van der Waals surface area contributed by atoms with E-state index in [9.17, 15) is 4.39 Å². The second kappa shape index (κ2) is 3.44. The first-order chi connectivity index (χ1) is 5.20. The van der Waals surface area contributed by atoms with Crippen molar-refractivity contribution in [1.82, 2.24) is 0 Å². The van der Waals surface area contributed by atoms with E-state index in [0.717, 1.165) is 0 Å². The molecular formula is C6H11FO4. The van der Waals surface area contributed by atoms with Crippen LogP contribution in [0.5, 0.6) is 0 Å². The number of aliphatic hydroxyl groups is 2. The van der Waals surface area contributed by atoms with Gasteiger partial charge in [0.2, 0.25) is 0 Å². The average molecular weight is 166 g/mol. The lowest BCUT2D eigenvalue weighted by molar-refractivity contribution is -0.150. The minimum atomic E-state index is -1.19. The maximum atomic E-state index is 12.0. The SMILES string of the molecule is COC1OC(CF)C(O)C1O. The summed E-state index contributed by atoms with van der Waals surface area (Å²) in [5, 5.41) is 18.2. The van der Waals surface area contributed by atoms with Crippen LogP contribution in [0.3, 0.4) is 0 Å². The zero-order valence-corrected chi connectivity index (χ0v) is 6.11. The quantitative estimate of drug-likeness (QED) is 0.555. The summed E-state index contributed by atoms with van der Waals surface area (Å²) in [6.07, 6.45) is -4.22. The number of hydrogen-bond acceptors (Lipinski definition) is 4. The number of methoxy groups -OCH3 is 1. The van der Waals surface area contributed by atoms with Crippen LogP contribution in [0.25, 0.3) is 0 Å². The highest BCUT2D eigenvalue weighted by molar-refractivity contribution is 4.85. The lowest BCUT2D eigenvalue weighted by Gasteiger charge is -2.11. The van der Waals surface area contributed by atoms with Gasteiger partial charge in [-0.2, -0.15) is 0 Å². The summed E-state index contributed by atoms with van der Waals surface area (Å²) >= 11 is 0. The van der Waals surface area contributed by atoms with Crippen LogP contribution < -0.4 is 0 Å². The van der Waals surface area contributed by atoms with Gasteiger partial charge in [-0.15, -0.1) is 0 Å². The van der Waals surface area contributed by atoms with Gasteiger partial charge in [0.1, 0.15) is 25.0 Å². The highest BCUT2D eigenvalue weighted by Gasteiger charge is 2.42. The molecule has 4 nitrogen and oxygen atoms in total. The zero-order chi connectivity index (χ0) is 8.43. The highest BCUT2D eigenvalue weighted by Crippen LogP contribution is 2.21. The van der Waals surface area contributed by atoms with Gasteiger partial charge in [0, 0.05) is 7.11 Å². The van der Waals surface area contributed by atoms with Gasteiger partial charge in [-0.1, -0.05) is 0 Å². The van der Waals surface area contributed by atoms with Crippen LogP contribution in [-0.2, 0) is 9.47 Å². The first kappa shape index (κ1) is 8.86. The smallest absolute Gasteiger partial charge is 0.186 e. The number of rotatable bonds is 2. The van der Waals surface area contributed by atoms with Gasteiger partial charge in [-0.3, -0.25) is 0 Å². The standard InChI is InChI=1S/C6H11FO4/c1-10-6-5(9)4(8)3(2-7)11-6/h3-6,8-9H,2H2,1H3. The zero-order valence-electron chi connectivity index (χ0n) is 6.11. The van der Waals surface area contributed by atoms with Crippen molar-refractivity contribution in [2.45, 2.75) is 24.6 Å². The Kier molecular flexibility index (Phi) is 2.78. The first-order valence-corrected chi connectivity index (χ1v) is 3.31. The van der Waals surface area contributed by atoms with E-state index in [1.807, 2.05) is 0 Å². The predicted octanol–water partition coefficient (Wildman–Crippen LogP) is -0.951.